The number of carbonyl (C=O) groups is 2. The van der Waals surface area contributed by atoms with Gasteiger partial charge >= 0.3 is 5.97 Å². The summed E-state index contributed by atoms with van der Waals surface area (Å²) < 4.78 is 7.54. The van der Waals surface area contributed by atoms with Crippen molar-refractivity contribution in [2.75, 3.05) is 7.11 Å². The number of benzene rings is 2. The molecule has 0 aliphatic carbocycles. The standard InChI is InChI=1S/C18H18N2O3S/c1-11(2)17(22)19-18-20(10-15(21)23-3)14-9-8-12-6-4-5-7-13(12)16(14)24-18/h4-9,11H,10H2,1-3H3. The SMILES string of the molecule is COC(=O)Cn1c(=NC(=O)C(C)C)sc2c3ccccc3ccc21. The maximum Gasteiger partial charge on any atom is 0.325 e. The van der Waals surface area contributed by atoms with Crippen molar-refractivity contribution >= 4 is 44.2 Å². The lowest BCUT2D eigenvalue weighted by Crippen LogP contribution is -2.23. The number of hydrogen-bond donors (Lipinski definition) is 0. The van der Waals surface area contributed by atoms with Crippen molar-refractivity contribution < 1.29 is 14.3 Å². The third kappa shape index (κ3) is 2.97. The van der Waals surface area contributed by atoms with Crippen LogP contribution in [0.1, 0.15) is 13.8 Å². The van der Waals surface area contributed by atoms with Gasteiger partial charge in [-0.2, -0.15) is 4.99 Å². The first kappa shape index (κ1) is 16.4. The van der Waals surface area contributed by atoms with Gasteiger partial charge in [0.15, 0.2) is 4.80 Å². The molecule has 0 aliphatic heterocycles. The Bertz CT molecular complexity index is 998. The summed E-state index contributed by atoms with van der Waals surface area (Å²) in [7, 11) is 1.35. The Morgan fingerprint density at radius 3 is 2.67 bits per heavy atom. The van der Waals surface area contributed by atoms with Crippen molar-refractivity contribution in [3.63, 3.8) is 0 Å². The van der Waals surface area contributed by atoms with E-state index in [2.05, 4.69) is 4.99 Å². The van der Waals surface area contributed by atoms with Crippen LogP contribution in [-0.2, 0) is 20.9 Å². The van der Waals surface area contributed by atoms with Gasteiger partial charge in [-0.25, -0.2) is 0 Å². The highest BCUT2D eigenvalue weighted by Gasteiger charge is 2.14. The number of hydrogen-bond acceptors (Lipinski definition) is 4. The Labute approximate surface area is 143 Å². The molecule has 124 valence electrons. The van der Waals surface area contributed by atoms with E-state index in [0.717, 1.165) is 21.0 Å². The highest BCUT2D eigenvalue weighted by molar-refractivity contribution is 7.17. The molecule has 0 N–H and O–H groups in total. The zero-order valence-corrected chi connectivity index (χ0v) is 14.6. The lowest BCUT2D eigenvalue weighted by atomic mass is 10.1. The molecule has 0 spiro atoms. The lowest BCUT2D eigenvalue weighted by molar-refractivity contribution is -0.141. The van der Waals surface area contributed by atoms with Crippen LogP contribution in [0.5, 0.6) is 0 Å². The molecule has 0 atom stereocenters. The number of thiazole rings is 1. The Hall–Kier alpha value is -2.47. The van der Waals surface area contributed by atoms with Crippen LogP contribution in [-0.4, -0.2) is 23.6 Å². The number of ether oxygens (including phenoxy) is 1. The fraction of sp³-hybridized carbons (Fsp3) is 0.278. The van der Waals surface area contributed by atoms with Crippen LogP contribution in [0.25, 0.3) is 21.0 Å². The predicted octanol–water partition coefficient (Wildman–Crippen LogP) is 3.11. The second-order valence-electron chi connectivity index (χ2n) is 5.79. The molecule has 0 radical (unpaired) electrons. The summed E-state index contributed by atoms with van der Waals surface area (Å²) >= 11 is 1.42. The summed E-state index contributed by atoms with van der Waals surface area (Å²) in [4.78, 5) is 28.6. The zero-order chi connectivity index (χ0) is 17.3. The summed E-state index contributed by atoms with van der Waals surface area (Å²) in [6.45, 7) is 3.64. The number of fused-ring (bicyclic) bond motifs is 3. The summed E-state index contributed by atoms with van der Waals surface area (Å²) in [5.41, 5.74) is 0.874. The first-order valence-electron chi connectivity index (χ1n) is 7.67. The molecule has 0 bridgehead atoms. The molecule has 5 nitrogen and oxygen atoms in total. The summed E-state index contributed by atoms with van der Waals surface area (Å²) in [6.07, 6.45) is 0. The van der Waals surface area contributed by atoms with Gasteiger partial charge in [-0.3, -0.25) is 9.59 Å². The number of carbonyl (C=O) groups excluding carboxylic acids is 2. The average molecular weight is 342 g/mol. The van der Waals surface area contributed by atoms with Gasteiger partial charge < -0.3 is 9.30 Å². The van der Waals surface area contributed by atoms with Gasteiger partial charge in [0, 0.05) is 11.3 Å². The molecule has 2 aromatic carbocycles. The molecular formula is C18H18N2O3S. The monoisotopic (exact) mass is 342 g/mol. The molecule has 24 heavy (non-hydrogen) atoms. The first-order chi connectivity index (χ1) is 11.5. The molecule has 0 unspecified atom stereocenters. The smallest absolute Gasteiger partial charge is 0.325 e. The zero-order valence-electron chi connectivity index (χ0n) is 13.8. The van der Waals surface area contributed by atoms with Crippen LogP contribution >= 0.6 is 11.3 Å². The summed E-state index contributed by atoms with van der Waals surface area (Å²) in [6, 6.07) is 12.0. The molecule has 1 aromatic heterocycles. The van der Waals surface area contributed by atoms with Crippen molar-refractivity contribution in [2.45, 2.75) is 20.4 Å². The van der Waals surface area contributed by atoms with Crippen molar-refractivity contribution in [1.82, 2.24) is 4.57 Å². The van der Waals surface area contributed by atoms with Crippen molar-refractivity contribution in [1.29, 1.82) is 0 Å². The Balaban J connectivity index is 2.32. The second kappa shape index (κ2) is 6.57. The molecular weight excluding hydrogens is 324 g/mol. The summed E-state index contributed by atoms with van der Waals surface area (Å²) in [5.74, 6) is -0.774. The predicted molar refractivity (Wildman–Crippen MR) is 94.7 cm³/mol. The van der Waals surface area contributed by atoms with Gasteiger partial charge in [-0.15, -0.1) is 0 Å². The molecule has 0 fully saturated rings. The van der Waals surface area contributed by atoms with Crippen LogP contribution in [0, 0.1) is 5.92 Å². The van der Waals surface area contributed by atoms with E-state index in [1.807, 2.05) is 36.4 Å². The molecule has 1 heterocycles. The lowest BCUT2D eigenvalue weighted by Gasteiger charge is -2.05. The van der Waals surface area contributed by atoms with Crippen LogP contribution in [0.15, 0.2) is 41.4 Å². The normalized spacial score (nSPS) is 12.2. The first-order valence-corrected chi connectivity index (χ1v) is 8.49. The number of methoxy groups -OCH3 is 1. The van der Waals surface area contributed by atoms with E-state index in [9.17, 15) is 9.59 Å². The van der Waals surface area contributed by atoms with E-state index < -0.39 is 0 Å². The van der Waals surface area contributed by atoms with E-state index in [1.54, 1.807) is 18.4 Å². The van der Waals surface area contributed by atoms with Gasteiger partial charge in [0.1, 0.15) is 6.54 Å². The fourth-order valence-corrected chi connectivity index (χ4v) is 3.62. The largest absolute Gasteiger partial charge is 0.468 e. The van der Waals surface area contributed by atoms with Crippen LogP contribution < -0.4 is 4.80 Å². The maximum absolute atomic E-state index is 12.1. The number of amides is 1. The van der Waals surface area contributed by atoms with Gasteiger partial charge in [-0.05, 0) is 11.5 Å². The third-order valence-corrected chi connectivity index (χ3v) is 4.92. The van der Waals surface area contributed by atoms with E-state index >= 15 is 0 Å². The Kier molecular flexibility index (Phi) is 4.49. The van der Waals surface area contributed by atoms with Gasteiger partial charge in [0.05, 0.1) is 17.3 Å². The Morgan fingerprint density at radius 2 is 1.96 bits per heavy atom. The van der Waals surface area contributed by atoms with Crippen molar-refractivity contribution in [3.05, 3.63) is 41.2 Å². The molecule has 3 rings (SSSR count). The number of nitrogens with zero attached hydrogens (tertiary/aromatic N) is 2. The molecule has 0 saturated carbocycles. The van der Waals surface area contributed by atoms with Crippen LogP contribution in [0.4, 0.5) is 0 Å². The second-order valence-corrected chi connectivity index (χ2v) is 6.76. The molecule has 0 saturated heterocycles. The topological polar surface area (TPSA) is 60.7 Å². The number of aromatic nitrogens is 1. The van der Waals surface area contributed by atoms with Crippen molar-refractivity contribution in [2.24, 2.45) is 10.9 Å². The van der Waals surface area contributed by atoms with E-state index in [4.69, 9.17) is 4.74 Å². The molecule has 6 heteroatoms. The highest BCUT2D eigenvalue weighted by atomic mass is 32.1. The minimum atomic E-state index is -0.374. The highest BCUT2D eigenvalue weighted by Crippen LogP contribution is 2.27. The minimum Gasteiger partial charge on any atom is -0.468 e. The van der Waals surface area contributed by atoms with E-state index in [0.29, 0.717) is 4.80 Å². The van der Waals surface area contributed by atoms with Gasteiger partial charge in [-0.1, -0.05) is 55.5 Å². The fourth-order valence-electron chi connectivity index (χ4n) is 2.45. The molecule has 1 amide bonds. The summed E-state index contributed by atoms with van der Waals surface area (Å²) in [5, 5.41) is 2.19. The van der Waals surface area contributed by atoms with E-state index in [1.165, 1.54) is 18.4 Å². The van der Waals surface area contributed by atoms with Crippen molar-refractivity contribution in [3.8, 4) is 0 Å². The van der Waals surface area contributed by atoms with E-state index in [-0.39, 0.29) is 24.3 Å². The van der Waals surface area contributed by atoms with Gasteiger partial charge in [0.25, 0.3) is 5.91 Å². The average Bonchev–Trinajstić information content (AvgIpc) is 2.92. The molecule has 3 aromatic rings. The quantitative estimate of drug-likeness (QED) is 0.687. The molecule has 0 aliphatic rings. The number of esters is 1. The van der Waals surface area contributed by atoms with Crippen LogP contribution in [0.3, 0.4) is 0 Å². The third-order valence-electron chi connectivity index (χ3n) is 3.79. The van der Waals surface area contributed by atoms with Crippen LogP contribution in [0.2, 0.25) is 0 Å². The minimum absolute atomic E-state index is 0.0268. The van der Waals surface area contributed by atoms with Gasteiger partial charge in [0.2, 0.25) is 0 Å². The maximum atomic E-state index is 12.1. The number of rotatable bonds is 3. The Morgan fingerprint density at radius 1 is 1.21 bits per heavy atom.